The van der Waals surface area contributed by atoms with Gasteiger partial charge in [-0.3, -0.25) is 4.79 Å². The Labute approximate surface area is 179 Å². The maximum Gasteiger partial charge on any atom is 0.263 e. The molecular formula is C23H30N2O4S. The van der Waals surface area contributed by atoms with Crippen molar-refractivity contribution in [1.82, 2.24) is 9.21 Å². The second kappa shape index (κ2) is 9.18. The van der Waals surface area contributed by atoms with Gasteiger partial charge < -0.3 is 9.64 Å². The van der Waals surface area contributed by atoms with Crippen LogP contribution in [0.4, 0.5) is 0 Å². The molecule has 0 saturated carbocycles. The lowest BCUT2D eigenvalue weighted by Crippen LogP contribution is -2.53. The van der Waals surface area contributed by atoms with Crippen LogP contribution in [-0.2, 0) is 14.8 Å². The minimum atomic E-state index is -3.55. The number of benzene rings is 2. The normalized spacial score (nSPS) is 16.3. The Morgan fingerprint density at radius 1 is 1.00 bits per heavy atom. The van der Waals surface area contributed by atoms with E-state index in [-0.39, 0.29) is 23.9 Å². The number of hydrogen-bond donors (Lipinski definition) is 0. The van der Waals surface area contributed by atoms with Gasteiger partial charge in [-0.2, -0.15) is 4.31 Å². The van der Waals surface area contributed by atoms with E-state index in [1.54, 1.807) is 29.2 Å². The lowest BCUT2D eigenvalue weighted by molar-refractivity contribution is -0.140. The van der Waals surface area contributed by atoms with E-state index in [0.29, 0.717) is 19.5 Å². The van der Waals surface area contributed by atoms with Crippen molar-refractivity contribution in [3.63, 3.8) is 0 Å². The molecule has 3 rings (SSSR count). The Balaban J connectivity index is 1.65. The van der Waals surface area contributed by atoms with Gasteiger partial charge in [0.1, 0.15) is 5.75 Å². The molecule has 2 aromatic rings. The first-order valence-electron chi connectivity index (χ1n) is 10.3. The number of carbonyl (C=O) groups excluding carboxylic acids is 1. The monoisotopic (exact) mass is 430 g/mol. The quantitative estimate of drug-likeness (QED) is 0.705. The van der Waals surface area contributed by atoms with Crippen molar-refractivity contribution in [1.29, 1.82) is 0 Å². The van der Waals surface area contributed by atoms with Crippen molar-refractivity contribution in [3.05, 3.63) is 59.2 Å². The van der Waals surface area contributed by atoms with Crippen LogP contribution in [0.5, 0.6) is 5.75 Å². The second-order valence-electron chi connectivity index (χ2n) is 7.76. The van der Waals surface area contributed by atoms with E-state index in [2.05, 4.69) is 0 Å². The van der Waals surface area contributed by atoms with Gasteiger partial charge in [-0.25, -0.2) is 8.42 Å². The summed E-state index contributed by atoms with van der Waals surface area (Å²) < 4.78 is 33.2. The molecule has 1 atom stereocenters. The SMILES string of the molecule is CC[C@H](Oc1cccc(C)c1C)C(=O)N1CCN(S(=O)(=O)c2ccc(C)cc2)CC1. The Kier molecular flexibility index (Phi) is 6.83. The van der Waals surface area contributed by atoms with E-state index in [9.17, 15) is 13.2 Å². The molecule has 0 radical (unpaired) electrons. The summed E-state index contributed by atoms with van der Waals surface area (Å²) in [4.78, 5) is 15.0. The summed E-state index contributed by atoms with van der Waals surface area (Å²) in [7, 11) is -3.55. The molecule has 1 aliphatic rings. The third-order valence-electron chi connectivity index (χ3n) is 5.68. The molecule has 162 valence electrons. The molecule has 6 nitrogen and oxygen atoms in total. The fourth-order valence-corrected chi connectivity index (χ4v) is 4.95. The predicted molar refractivity (Wildman–Crippen MR) is 117 cm³/mol. The molecule has 1 fully saturated rings. The van der Waals surface area contributed by atoms with Crippen molar-refractivity contribution < 1.29 is 17.9 Å². The number of rotatable bonds is 6. The highest BCUT2D eigenvalue weighted by Gasteiger charge is 2.33. The Morgan fingerprint density at radius 3 is 2.23 bits per heavy atom. The fourth-order valence-electron chi connectivity index (χ4n) is 3.53. The van der Waals surface area contributed by atoms with Crippen LogP contribution < -0.4 is 4.74 Å². The zero-order chi connectivity index (χ0) is 21.9. The second-order valence-corrected chi connectivity index (χ2v) is 9.69. The molecular weight excluding hydrogens is 400 g/mol. The van der Waals surface area contributed by atoms with Crippen LogP contribution in [-0.4, -0.2) is 55.8 Å². The van der Waals surface area contributed by atoms with Gasteiger partial charge in [0, 0.05) is 26.2 Å². The molecule has 0 spiro atoms. The van der Waals surface area contributed by atoms with Gasteiger partial charge in [0.15, 0.2) is 6.10 Å². The Morgan fingerprint density at radius 2 is 1.63 bits per heavy atom. The zero-order valence-electron chi connectivity index (χ0n) is 18.1. The Bertz CT molecular complexity index is 994. The molecule has 0 aromatic heterocycles. The third-order valence-corrected chi connectivity index (χ3v) is 7.59. The van der Waals surface area contributed by atoms with Gasteiger partial charge in [-0.15, -0.1) is 0 Å². The first-order valence-corrected chi connectivity index (χ1v) is 11.8. The maximum atomic E-state index is 13.0. The molecule has 0 aliphatic carbocycles. The lowest BCUT2D eigenvalue weighted by atomic mass is 10.1. The first kappa shape index (κ1) is 22.3. The number of piperazine rings is 1. The third kappa shape index (κ3) is 4.68. The molecule has 1 aliphatic heterocycles. The Hall–Kier alpha value is -2.38. The van der Waals surface area contributed by atoms with Crippen LogP contribution in [0.3, 0.4) is 0 Å². The van der Waals surface area contributed by atoms with Gasteiger partial charge in [-0.05, 0) is 56.5 Å². The molecule has 0 bridgehead atoms. The number of nitrogens with zero attached hydrogens (tertiary/aromatic N) is 2. The fraction of sp³-hybridized carbons (Fsp3) is 0.435. The van der Waals surface area contributed by atoms with Gasteiger partial charge in [0.05, 0.1) is 4.90 Å². The standard InChI is InChI=1S/C23H30N2O4S/c1-5-21(29-22-8-6-7-18(3)19(22)4)23(26)24-13-15-25(16-14-24)30(27,28)20-11-9-17(2)10-12-20/h6-12,21H,5,13-16H2,1-4H3/t21-/m0/s1. The van der Waals surface area contributed by atoms with Crippen LogP contribution in [0.2, 0.25) is 0 Å². The van der Waals surface area contributed by atoms with Crippen molar-refractivity contribution in [3.8, 4) is 5.75 Å². The molecule has 30 heavy (non-hydrogen) atoms. The van der Waals surface area contributed by atoms with E-state index >= 15 is 0 Å². The molecule has 1 saturated heterocycles. The van der Waals surface area contributed by atoms with Crippen molar-refractivity contribution in [2.75, 3.05) is 26.2 Å². The molecule has 0 N–H and O–H groups in total. The number of aryl methyl sites for hydroxylation is 2. The van der Waals surface area contributed by atoms with Crippen molar-refractivity contribution in [2.45, 2.75) is 45.1 Å². The first-order chi connectivity index (χ1) is 14.2. The molecule has 7 heteroatoms. The summed E-state index contributed by atoms with van der Waals surface area (Å²) in [5, 5.41) is 0. The van der Waals surface area contributed by atoms with Gasteiger partial charge in [0.2, 0.25) is 10.0 Å². The van der Waals surface area contributed by atoms with Crippen LogP contribution in [0, 0.1) is 20.8 Å². The zero-order valence-corrected chi connectivity index (χ0v) is 18.9. The highest BCUT2D eigenvalue weighted by atomic mass is 32.2. The summed E-state index contributed by atoms with van der Waals surface area (Å²) in [5.74, 6) is 0.626. The van der Waals surface area contributed by atoms with E-state index in [4.69, 9.17) is 4.74 Å². The largest absolute Gasteiger partial charge is 0.480 e. The van der Waals surface area contributed by atoms with Gasteiger partial charge in [0.25, 0.3) is 5.91 Å². The van der Waals surface area contributed by atoms with E-state index in [0.717, 1.165) is 22.4 Å². The van der Waals surface area contributed by atoms with Gasteiger partial charge >= 0.3 is 0 Å². The van der Waals surface area contributed by atoms with Crippen LogP contribution in [0.25, 0.3) is 0 Å². The van der Waals surface area contributed by atoms with Crippen LogP contribution >= 0.6 is 0 Å². The van der Waals surface area contributed by atoms with Crippen molar-refractivity contribution in [2.24, 2.45) is 0 Å². The number of ether oxygens (including phenoxy) is 1. The number of amides is 1. The predicted octanol–water partition coefficient (Wildman–Crippen LogP) is 3.30. The van der Waals surface area contributed by atoms with Crippen LogP contribution in [0.1, 0.15) is 30.0 Å². The average Bonchev–Trinajstić information content (AvgIpc) is 2.75. The van der Waals surface area contributed by atoms with Gasteiger partial charge in [-0.1, -0.05) is 36.8 Å². The van der Waals surface area contributed by atoms with E-state index < -0.39 is 16.1 Å². The average molecular weight is 431 g/mol. The van der Waals surface area contributed by atoms with Crippen molar-refractivity contribution >= 4 is 15.9 Å². The molecule has 1 heterocycles. The minimum Gasteiger partial charge on any atom is -0.480 e. The lowest BCUT2D eigenvalue weighted by Gasteiger charge is -2.35. The van der Waals surface area contributed by atoms with Crippen LogP contribution in [0.15, 0.2) is 47.4 Å². The molecule has 1 amide bonds. The highest BCUT2D eigenvalue weighted by molar-refractivity contribution is 7.89. The highest BCUT2D eigenvalue weighted by Crippen LogP contribution is 2.24. The maximum absolute atomic E-state index is 13.0. The summed E-state index contributed by atoms with van der Waals surface area (Å²) in [6.45, 7) is 9.11. The topological polar surface area (TPSA) is 66.9 Å². The van der Waals surface area contributed by atoms with E-state index in [1.165, 1.54) is 4.31 Å². The summed E-state index contributed by atoms with van der Waals surface area (Å²) >= 11 is 0. The summed E-state index contributed by atoms with van der Waals surface area (Å²) in [6, 6.07) is 12.7. The minimum absolute atomic E-state index is 0.0919. The molecule has 0 unspecified atom stereocenters. The summed E-state index contributed by atoms with van der Waals surface area (Å²) in [6.07, 6.45) is -0.0283. The summed E-state index contributed by atoms with van der Waals surface area (Å²) in [5.41, 5.74) is 3.15. The number of hydrogen-bond acceptors (Lipinski definition) is 4. The smallest absolute Gasteiger partial charge is 0.263 e. The number of sulfonamides is 1. The van der Waals surface area contributed by atoms with E-state index in [1.807, 2.05) is 45.9 Å². The molecule has 2 aromatic carbocycles. The number of carbonyl (C=O) groups is 1.